The topological polar surface area (TPSA) is 93.5 Å². The summed E-state index contributed by atoms with van der Waals surface area (Å²) in [5, 5.41) is 16.5. The van der Waals surface area contributed by atoms with Gasteiger partial charge < -0.3 is 15.4 Å². The van der Waals surface area contributed by atoms with Crippen molar-refractivity contribution in [1.29, 1.82) is 0 Å². The Morgan fingerprint density at radius 2 is 2.05 bits per heavy atom. The van der Waals surface area contributed by atoms with E-state index in [9.17, 15) is 14.9 Å². The number of anilines is 1. The Morgan fingerprint density at radius 1 is 1.38 bits per heavy atom. The van der Waals surface area contributed by atoms with Crippen molar-refractivity contribution in [2.45, 2.75) is 26.8 Å². The Balaban J connectivity index is 2.71. The van der Waals surface area contributed by atoms with E-state index in [1.807, 2.05) is 20.8 Å². The predicted octanol–water partition coefficient (Wildman–Crippen LogP) is 2.18. The minimum atomic E-state index is -0.495. The van der Waals surface area contributed by atoms with Crippen molar-refractivity contribution in [1.82, 2.24) is 5.32 Å². The molecule has 21 heavy (non-hydrogen) atoms. The fourth-order valence-electron chi connectivity index (χ4n) is 1.59. The lowest BCUT2D eigenvalue weighted by Gasteiger charge is -2.18. The van der Waals surface area contributed by atoms with Gasteiger partial charge in [0.25, 0.3) is 5.69 Å². The van der Waals surface area contributed by atoms with Crippen LogP contribution in [0.4, 0.5) is 11.4 Å². The molecule has 0 radical (unpaired) electrons. The standard InChI is InChI=1S/C14H21N3O4/c1-9(2)10(3)16-14(18)8-15-12-7-11(17(19)20)5-6-13(12)21-4/h5-7,9-10,15H,8H2,1-4H3,(H,16,18). The summed E-state index contributed by atoms with van der Waals surface area (Å²) in [5.41, 5.74) is 0.355. The van der Waals surface area contributed by atoms with Crippen LogP contribution in [0.5, 0.6) is 5.75 Å². The molecule has 0 heterocycles. The third-order valence-electron chi connectivity index (χ3n) is 3.22. The fourth-order valence-corrected chi connectivity index (χ4v) is 1.59. The summed E-state index contributed by atoms with van der Waals surface area (Å²) in [7, 11) is 1.47. The van der Waals surface area contributed by atoms with Gasteiger partial charge in [-0.05, 0) is 18.9 Å². The smallest absolute Gasteiger partial charge is 0.271 e. The second-order valence-electron chi connectivity index (χ2n) is 5.10. The molecule has 7 heteroatoms. The summed E-state index contributed by atoms with van der Waals surface area (Å²) in [5.74, 6) is 0.608. The van der Waals surface area contributed by atoms with Crippen LogP contribution in [0.15, 0.2) is 18.2 Å². The number of methoxy groups -OCH3 is 1. The molecule has 1 amide bonds. The molecular formula is C14H21N3O4. The van der Waals surface area contributed by atoms with Crippen molar-refractivity contribution >= 4 is 17.3 Å². The number of nitrogens with one attached hydrogen (secondary N) is 2. The lowest BCUT2D eigenvalue weighted by atomic mass is 10.1. The summed E-state index contributed by atoms with van der Waals surface area (Å²) in [6, 6.07) is 4.25. The van der Waals surface area contributed by atoms with E-state index in [2.05, 4.69) is 10.6 Å². The van der Waals surface area contributed by atoms with E-state index in [-0.39, 0.29) is 24.2 Å². The number of nitrogens with zero attached hydrogens (tertiary/aromatic N) is 1. The number of non-ortho nitro benzene ring substituents is 1. The maximum atomic E-state index is 11.8. The quantitative estimate of drug-likeness (QED) is 0.594. The second kappa shape index (κ2) is 7.47. The van der Waals surface area contributed by atoms with Gasteiger partial charge >= 0.3 is 0 Å². The molecule has 0 saturated heterocycles. The molecule has 116 valence electrons. The van der Waals surface area contributed by atoms with Crippen LogP contribution < -0.4 is 15.4 Å². The number of carbonyl (C=O) groups is 1. The molecule has 2 N–H and O–H groups in total. The predicted molar refractivity (Wildman–Crippen MR) is 80.6 cm³/mol. The number of benzene rings is 1. The van der Waals surface area contributed by atoms with Crippen LogP contribution in [0, 0.1) is 16.0 Å². The van der Waals surface area contributed by atoms with Crippen LogP contribution in [0.3, 0.4) is 0 Å². The van der Waals surface area contributed by atoms with Crippen molar-refractivity contribution in [2.75, 3.05) is 19.0 Å². The average Bonchev–Trinajstić information content (AvgIpc) is 2.44. The van der Waals surface area contributed by atoms with Gasteiger partial charge in [0.05, 0.1) is 24.3 Å². The number of carbonyl (C=O) groups excluding carboxylic acids is 1. The Morgan fingerprint density at radius 3 is 2.57 bits per heavy atom. The number of rotatable bonds is 7. The molecule has 1 aromatic carbocycles. The molecule has 1 unspecified atom stereocenters. The van der Waals surface area contributed by atoms with Gasteiger partial charge in [-0.25, -0.2) is 0 Å². The Labute approximate surface area is 123 Å². The zero-order chi connectivity index (χ0) is 16.0. The zero-order valence-electron chi connectivity index (χ0n) is 12.7. The van der Waals surface area contributed by atoms with Crippen LogP contribution >= 0.6 is 0 Å². The molecule has 0 saturated carbocycles. The van der Waals surface area contributed by atoms with E-state index in [0.29, 0.717) is 17.4 Å². The van der Waals surface area contributed by atoms with E-state index in [1.165, 1.54) is 25.3 Å². The Hall–Kier alpha value is -2.31. The van der Waals surface area contributed by atoms with Gasteiger partial charge in [-0.3, -0.25) is 14.9 Å². The number of ether oxygens (including phenoxy) is 1. The van der Waals surface area contributed by atoms with Crippen molar-refractivity contribution < 1.29 is 14.5 Å². The van der Waals surface area contributed by atoms with Crippen LogP contribution in [0.25, 0.3) is 0 Å². The highest BCUT2D eigenvalue weighted by Crippen LogP contribution is 2.28. The van der Waals surface area contributed by atoms with Gasteiger partial charge in [0.15, 0.2) is 0 Å². The molecule has 0 spiro atoms. The lowest BCUT2D eigenvalue weighted by Crippen LogP contribution is -2.39. The van der Waals surface area contributed by atoms with Gasteiger partial charge in [0.2, 0.25) is 5.91 Å². The largest absolute Gasteiger partial charge is 0.495 e. The number of amides is 1. The van der Waals surface area contributed by atoms with Crippen molar-refractivity contribution in [2.24, 2.45) is 5.92 Å². The third kappa shape index (κ3) is 4.94. The van der Waals surface area contributed by atoms with Crippen LogP contribution in [-0.2, 0) is 4.79 Å². The first-order valence-corrected chi connectivity index (χ1v) is 6.70. The number of nitro benzene ring substituents is 1. The second-order valence-corrected chi connectivity index (χ2v) is 5.10. The van der Waals surface area contributed by atoms with Crippen molar-refractivity contribution in [3.63, 3.8) is 0 Å². The summed E-state index contributed by atoms with van der Waals surface area (Å²) in [4.78, 5) is 22.1. The summed E-state index contributed by atoms with van der Waals surface area (Å²) in [6.07, 6.45) is 0. The molecule has 0 aliphatic rings. The van der Waals surface area contributed by atoms with E-state index < -0.39 is 4.92 Å². The first-order valence-electron chi connectivity index (χ1n) is 6.70. The molecular weight excluding hydrogens is 274 g/mol. The van der Waals surface area contributed by atoms with Gasteiger partial charge in [0, 0.05) is 18.2 Å². The first-order chi connectivity index (χ1) is 9.85. The molecule has 1 rings (SSSR count). The minimum absolute atomic E-state index is 0.0224. The number of hydrogen-bond donors (Lipinski definition) is 2. The SMILES string of the molecule is COc1ccc([N+](=O)[O-])cc1NCC(=O)NC(C)C(C)C. The lowest BCUT2D eigenvalue weighted by molar-refractivity contribution is -0.384. The molecule has 0 fully saturated rings. The normalized spacial score (nSPS) is 11.9. The van der Waals surface area contributed by atoms with E-state index >= 15 is 0 Å². The molecule has 1 aromatic rings. The van der Waals surface area contributed by atoms with Gasteiger partial charge in [-0.2, -0.15) is 0 Å². The van der Waals surface area contributed by atoms with E-state index in [4.69, 9.17) is 4.74 Å². The number of nitro groups is 1. The van der Waals surface area contributed by atoms with Crippen molar-refractivity contribution in [3.05, 3.63) is 28.3 Å². The fraction of sp³-hybridized carbons (Fsp3) is 0.500. The summed E-state index contributed by atoms with van der Waals surface area (Å²) in [6.45, 7) is 5.98. The van der Waals surface area contributed by atoms with Gasteiger partial charge in [-0.15, -0.1) is 0 Å². The van der Waals surface area contributed by atoms with E-state index in [1.54, 1.807) is 0 Å². The van der Waals surface area contributed by atoms with Crippen molar-refractivity contribution in [3.8, 4) is 5.75 Å². The highest BCUT2D eigenvalue weighted by atomic mass is 16.6. The Kier molecular flexibility index (Phi) is 5.95. The van der Waals surface area contributed by atoms with Crippen LogP contribution in [0.1, 0.15) is 20.8 Å². The molecule has 0 aliphatic carbocycles. The monoisotopic (exact) mass is 295 g/mol. The maximum Gasteiger partial charge on any atom is 0.271 e. The number of hydrogen-bond acceptors (Lipinski definition) is 5. The van der Waals surface area contributed by atoms with E-state index in [0.717, 1.165) is 0 Å². The first kappa shape index (κ1) is 16.7. The van der Waals surface area contributed by atoms with Crippen LogP contribution in [0.2, 0.25) is 0 Å². The molecule has 0 aliphatic heterocycles. The minimum Gasteiger partial charge on any atom is -0.495 e. The van der Waals surface area contributed by atoms with Gasteiger partial charge in [0.1, 0.15) is 5.75 Å². The molecule has 1 atom stereocenters. The Bertz CT molecular complexity index is 517. The molecule has 0 aromatic heterocycles. The van der Waals surface area contributed by atoms with Crippen LogP contribution in [-0.4, -0.2) is 30.5 Å². The molecule has 7 nitrogen and oxygen atoms in total. The molecule has 0 bridgehead atoms. The highest BCUT2D eigenvalue weighted by molar-refractivity contribution is 5.81. The highest BCUT2D eigenvalue weighted by Gasteiger charge is 2.14. The zero-order valence-corrected chi connectivity index (χ0v) is 12.7. The average molecular weight is 295 g/mol. The maximum absolute atomic E-state index is 11.8. The van der Waals surface area contributed by atoms with Gasteiger partial charge in [-0.1, -0.05) is 13.8 Å². The summed E-state index contributed by atoms with van der Waals surface area (Å²) >= 11 is 0. The third-order valence-corrected chi connectivity index (χ3v) is 3.22. The summed E-state index contributed by atoms with van der Waals surface area (Å²) < 4.78 is 5.11.